The monoisotopic (exact) mass is 416 g/mol. The molecule has 1 amide bonds. The Hall–Kier alpha value is -2.36. The number of amides is 1. The number of hydrogen-bond acceptors (Lipinski definition) is 6. The van der Waals surface area contributed by atoms with E-state index in [4.69, 9.17) is 0 Å². The van der Waals surface area contributed by atoms with Gasteiger partial charge in [0.05, 0.1) is 11.7 Å². The van der Waals surface area contributed by atoms with Crippen molar-refractivity contribution in [3.63, 3.8) is 0 Å². The minimum absolute atomic E-state index is 0.0643. The summed E-state index contributed by atoms with van der Waals surface area (Å²) in [6.45, 7) is 3.31. The molecule has 146 valence electrons. The summed E-state index contributed by atoms with van der Waals surface area (Å²) in [4.78, 5) is 14.6. The molecule has 1 fully saturated rings. The zero-order chi connectivity index (χ0) is 19.7. The zero-order valence-electron chi connectivity index (χ0n) is 15.4. The van der Waals surface area contributed by atoms with Crippen LogP contribution in [0.5, 0.6) is 0 Å². The number of carbonyl (C=O) groups is 1. The topological polar surface area (TPSA) is 83.5 Å². The quantitative estimate of drug-likeness (QED) is 0.652. The van der Waals surface area contributed by atoms with E-state index in [2.05, 4.69) is 15.7 Å². The molecule has 1 saturated heterocycles. The van der Waals surface area contributed by atoms with Crippen LogP contribution in [0.25, 0.3) is 11.0 Å². The molecule has 0 saturated carbocycles. The van der Waals surface area contributed by atoms with Gasteiger partial charge in [-0.3, -0.25) is 4.79 Å². The van der Waals surface area contributed by atoms with Crippen LogP contribution in [0.15, 0.2) is 47.4 Å². The van der Waals surface area contributed by atoms with Gasteiger partial charge in [0.15, 0.2) is 0 Å². The predicted molar refractivity (Wildman–Crippen MR) is 108 cm³/mol. The smallest absolute Gasteiger partial charge is 0.253 e. The molecule has 3 aromatic rings. The number of carbonyl (C=O) groups excluding carboxylic acids is 1. The third-order valence-corrected chi connectivity index (χ3v) is 7.47. The van der Waals surface area contributed by atoms with Gasteiger partial charge in [-0.2, -0.15) is 13.1 Å². The van der Waals surface area contributed by atoms with Crippen LogP contribution in [-0.2, 0) is 16.4 Å². The van der Waals surface area contributed by atoms with E-state index in [-0.39, 0.29) is 23.9 Å². The molecule has 0 atom stereocenters. The molecule has 28 heavy (non-hydrogen) atoms. The number of fused-ring (bicyclic) bond motifs is 1. The van der Waals surface area contributed by atoms with Crippen molar-refractivity contribution in [1.29, 1.82) is 0 Å². The first-order chi connectivity index (χ1) is 13.5. The van der Waals surface area contributed by atoms with Crippen molar-refractivity contribution in [2.24, 2.45) is 0 Å². The third kappa shape index (κ3) is 3.41. The number of aryl methyl sites for hydroxylation is 1. The van der Waals surface area contributed by atoms with E-state index in [0.29, 0.717) is 29.7 Å². The van der Waals surface area contributed by atoms with Gasteiger partial charge < -0.3 is 4.90 Å². The normalized spacial score (nSPS) is 15.8. The molecule has 0 N–H and O–H groups in total. The van der Waals surface area contributed by atoms with Crippen molar-refractivity contribution in [3.05, 3.63) is 53.6 Å². The number of aromatic nitrogens is 2. The number of nitrogens with zero attached hydrogens (tertiary/aromatic N) is 4. The maximum absolute atomic E-state index is 13.1. The van der Waals surface area contributed by atoms with Crippen LogP contribution in [0.1, 0.15) is 22.8 Å². The highest BCUT2D eigenvalue weighted by Crippen LogP contribution is 2.25. The van der Waals surface area contributed by atoms with Crippen LogP contribution in [0.3, 0.4) is 0 Å². The lowest BCUT2D eigenvalue weighted by Gasteiger charge is -2.34. The van der Waals surface area contributed by atoms with E-state index in [1.165, 1.54) is 9.87 Å². The Morgan fingerprint density at radius 2 is 1.75 bits per heavy atom. The number of rotatable bonds is 4. The summed E-state index contributed by atoms with van der Waals surface area (Å²) in [7, 11) is -3.68. The van der Waals surface area contributed by atoms with E-state index in [0.717, 1.165) is 18.1 Å². The van der Waals surface area contributed by atoms with Gasteiger partial charge in [-0.1, -0.05) is 25.1 Å². The van der Waals surface area contributed by atoms with Gasteiger partial charge in [0.25, 0.3) is 5.91 Å². The van der Waals surface area contributed by atoms with Crippen molar-refractivity contribution in [2.75, 3.05) is 26.2 Å². The van der Waals surface area contributed by atoms with Crippen LogP contribution in [0, 0.1) is 0 Å². The molecule has 1 aliphatic heterocycles. The highest BCUT2D eigenvalue weighted by molar-refractivity contribution is 7.89. The van der Waals surface area contributed by atoms with Crippen molar-refractivity contribution < 1.29 is 13.2 Å². The second-order valence-corrected chi connectivity index (χ2v) is 9.07. The number of hydrogen-bond donors (Lipinski definition) is 0. The van der Waals surface area contributed by atoms with Crippen molar-refractivity contribution in [3.8, 4) is 0 Å². The number of benzene rings is 2. The summed E-state index contributed by atoms with van der Waals surface area (Å²) in [6.07, 6.45) is 0.923. The van der Waals surface area contributed by atoms with Gasteiger partial charge in [0.1, 0.15) is 15.9 Å². The fourth-order valence-corrected chi connectivity index (χ4v) is 5.50. The molecule has 7 nitrogen and oxygen atoms in total. The lowest BCUT2D eigenvalue weighted by Crippen LogP contribution is -2.50. The molecule has 4 rings (SSSR count). The number of sulfonamides is 1. The summed E-state index contributed by atoms with van der Waals surface area (Å²) in [5.41, 5.74) is 2.79. The second kappa shape index (κ2) is 7.57. The van der Waals surface area contributed by atoms with Gasteiger partial charge in [-0.15, -0.1) is 0 Å². The Morgan fingerprint density at radius 3 is 2.43 bits per heavy atom. The summed E-state index contributed by atoms with van der Waals surface area (Å²) >= 11 is 0.998. The Balaban J connectivity index is 1.49. The maximum atomic E-state index is 13.1. The molecule has 1 aromatic heterocycles. The van der Waals surface area contributed by atoms with Crippen LogP contribution >= 0.6 is 11.7 Å². The molecule has 0 aliphatic carbocycles. The first-order valence-corrected chi connectivity index (χ1v) is 11.3. The molecule has 1 aliphatic rings. The minimum Gasteiger partial charge on any atom is -0.336 e. The Labute approximate surface area is 168 Å². The zero-order valence-corrected chi connectivity index (χ0v) is 17.0. The van der Waals surface area contributed by atoms with Crippen LogP contribution in [0.4, 0.5) is 0 Å². The molecule has 2 heterocycles. The standard InChI is InChI=1S/C19H20N4O3S2/c1-2-14-6-8-15(9-7-14)19(24)22-10-12-23(13-11-22)28(25,26)17-5-3-4-16-18(17)21-27-20-16/h3-9H,2,10-13H2,1H3. The van der Waals surface area contributed by atoms with Crippen LogP contribution in [0.2, 0.25) is 0 Å². The Kier molecular flexibility index (Phi) is 5.13. The third-order valence-electron chi connectivity index (χ3n) is 5.00. The summed E-state index contributed by atoms with van der Waals surface area (Å²) < 4.78 is 35.8. The van der Waals surface area contributed by atoms with Crippen molar-refractivity contribution >= 4 is 38.7 Å². The molecule has 9 heteroatoms. The second-order valence-electron chi connectivity index (χ2n) is 6.63. The molecule has 2 aromatic carbocycles. The Morgan fingerprint density at radius 1 is 1.04 bits per heavy atom. The SMILES string of the molecule is CCc1ccc(C(=O)N2CCN(S(=O)(=O)c3cccc4nsnc34)CC2)cc1. The Bertz CT molecular complexity index is 1100. The summed E-state index contributed by atoms with van der Waals surface area (Å²) in [5, 5.41) is 0. The largest absolute Gasteiger partial charge is 0.336 e. The summed E-state index contributed by atoms with van der Waals surface area (Å²) in [6, 6.07) is 12.6. The van der Waals surface area contributed by atoms with Gasteiger partial charge in [0.2, 0.25) is 10.0 Å². The van der Waals surface area contributed by atoms with Crippen LogP contribution in [-0.4, -0.2) is 58.5 Å². The first-order valence-electron chi connectivity index (χ1n) is 9.10. The molecule has 0 spiro atoms. The minimum atomic E-state index is -3.68. The predicted octanol–water partition coefficient (Wildman–Crippen LogP) is 2.40. The van der Waals surface area contributed by atoms with Crippen molar-refractivity contribution in [2.45, 2.75) is 18.2 Å². The van der Waals surface area contributed by atoms with Gasteiger partial charge in [-0.05, 0) is 36.2 Å². The van der Waals surface area contributed by atoms with Gasteiger partial charge in [0, 0.05) is 31.7 Å². The van der Waals surface area contributed by atoms with Crippen molar-refractivity contribution in [1.82, 2.24) is 18.0 Å². The van der Waals surface area contributed by atoms with Crippen LogP contribution < -0.4 is 0 Å². The molecule has 0 unspecified atom stereocenters. The van der Waals surface area contributed by atoms with Gasteiger partial charge >= 0.3 is 0 Å². The molecule has 0 radical (unpaired) electrons. The molecule has 0 bridgehead atoms. The summed E-state index contributed by atoms with van der Waals surface area (Å²) in [5.74, 6) is -0.0643. The lowest BCUT2D eigenvalue weighted by atomic mass is 10.1. The lowest BCUT2D eigenvalue weighted by molar-refractivity contribution is 0.0698. The van der Waals surface area contributed by atoms with E-state index in [9.17, 15) is 13.2 Å². The fraction of sp³-hybridized carbons (Fsp3) is 0.316. The average molecular weight is 417 g/mol. The number of piperazine rings is 1. The van der Waals surface area contributed by atoms with Gasteiger partial charge in [-0.25, -0.2) is 8.42 Å². The first kappa shape index (κ1) is 19.0. The van der Waals surface area contributed by atoms with E-state index >= 15 is 0 Å². The van der Waals surface area contributed by atoms with E-state index < -0.39 is 10.0 Å². The maximum Gasteiger partial charge on any atom is 0.253 e. The average Bonchev–Trinajstić information content (AvgIpc) is 3.22. The highest BCUT2D eigenvalue weighted by atomic mass is 32.2. The highest BCUT2D eigenvalue weighted by Gasteiger charge is 2.32. The fourth-order valence-electron chi connectivity index (χ4n) is 3.33. The van der Waals surface area contributed by atoms with E-state index in [1.807, 2.05) is 24.3 Å². The molecular weight excluding hydrogens is 396 g/mol. The molecular formula is C19H20N4O3S2. The van der Waals surface area contributed by atoms with E-state index in [1.54, 1.807) is 23.1 Å².